The molecule has 0 saturated heterocycles. The SMILES string of the molecule is Cc1nn(-c2ccc(C#N)c(C(F)(F)F)c2)cc1C(=O)O. The number of alkyl halides is 3. The van der Waals surface area contributed by atoms with Crippen LogP contribution >= 0.6 is 0 Å². The summed E-state index contributed by atoms with van der Waals surface area (Å²) < 4.78 is 39.6. The number of aromatic carboxylic acids is 1. The lowest BCUT2D eigenvalue weighted by atomic mass is 10.1. The van der Waals surface area contributed by atoms with Crippen LogP contribution in [-0.2, 0) is 6.18 Å². The third-order valence-electron chi connectivity index (χ3n) is 2.82. The van der Waals surface area contributed by atoms with Crippen molar-refractivity contribution in [3.8, 4) is 11.8 Å². The van der Waals surface area contributed by atoms with Crippen LogP contribution in [0.5, 0.6) is 0 Å². The average molecular weight is 295 g/mol. The van der Waals surface area contributed by atoms with Gasteiger partial charge in [0.25, 0.3) is 0 Å². The second-order valence-corrected chi connectivity index (χ2v) is 4.22. The molecule has 21 heavy (non-hydrogen) atoms. The first-order valence-corrected chi connectivity index (χ1v) is 5.65. The monoisotopic (exact) mass is 295 g/mol. The number of aryl methyl sites for hydroxylation is 1. The molecule has 0 aliphatic carbocycles. The van der Waals surface area contributed by atoms with E-state index in [1.54, 1.807) is 0 Å². The van der Waals surface area contributed by atoms with E-state index in [-0.39, 0.29) is 16.9 Å². The van der Waals surface area contributed by atoms with Gasteiger partial charge >= 0.3 is 12.1 Å². The van der Waals surface area contributed by atoms with Crippen LogP contribution in [0.3, 0.4) is 0 Å². The summed E-state index contributed by atoms with van der Waals surface area (Å²) in [5.41, 5.74) is -1.49. The Labute approximate surface area is 116 Å². The standard InChI is InChI=1S/C13H8F3N3O2/c1-7-10(12(20)21)6-19(18-7)9-3-2-8(5-17)11(4-9)13(14,15)16/h2-4,6H,1H3,(H,20,21). The van der Waals surface area contributed by atoms with Crippen molar-refractivity contribution in [2.24, 2.45) is 0 Å². The summed E-state index contributed by atoms with van der Waals surface area (Å²) in [4.78, 5) is 10.9. The van der Waals surface area contributed by atoms with Gasteiger partial charge in [-0.25, -0.2) is 9.48 Å². The smallest absolute Gasteiger partial charge is 0.417 e. The molecule has 1 N–H and O–H groups in total. The number of carboxylic acid groups (broad SMARTS) is 1. The quantitative estimate of drug-likeness (QED) is 0.924. The summed E-state index contributed by atoms with van der Waals surface area (Å²) in [6.07, 6.45) is -3.56. The maximum Gasteiger partial charge on any atom is 0.417 e. The number of hydrogen-bond acceptors (Lipinski definition) is 3. The van der Waals surface area contributed by atoms with Crippen LogP contribution in [0.15, 0.2) is 24.4 Å². The van der Waals surface area contributed by atoms with E-state index in [1.165, 1.54) is 19.1 Å². The van der Waals surface area contributed by atoms with Gasteiger partial charge in [-0.2, -0.15) is 23.5 Å². The molecule has 0 aliphatic heterocycles. The van der Waals surface area contributed by atoms with E-state index in [2.05, 4.69) is 5.10 Å². The lowest BCUT2D eigenvalue weighted by molar-refractivity contribution is -0.137. The van der Waals surface area contributed by atoms with Crippen LogP contribution in [0.2, 0.25) is 0 Å². The van der Waals surface area contributed by atoms with Gasteiger partial charge in [-0.05, 0) is 25.1 Å². The van der Waals surface area contributed by atoms with Crippen LogP contribution in [0.4, 0.5) is 13.2 Å². The molecule has 0 fully saturated rings. The third kappa shape index (κ3) is 2.72. The zero-order chi connectivity index (χ0) is 15.8. The van der Waals surface area contributed by atoms with E-state index < -0.39 is 23.3 Å². The summed E-state index contributed by atoms with van der Waals surface area (Å²) >= 11 is 0. The van der Waals surface area contributed by atoms with Crippen molar-refractivity contribution in [1.29, 1.82) is 5.26 Å². The van der Waals surface area contributed by atoms with Crippen molar-refractivity contribution in [3.05, 3.63) is 46.8 Å². The first-order chi connectivity index (χ1) is 9.74. The van der Waals surface area contributed by atoms with Gasteiger partial charge in [0.15, 0.2) is 0 Å². The second-order valence-electron chi connectivity index (χ2n) is 4.22. The number of hydrogen-bond donors (Lipinski definition) is 1. The Balaban J connectivity index is 2.59. The Morgan fingerprint density at radius 3 is 2.57 bits per heavy atom. The van der Waals surface area contributed by atoms with E-state index in [0.717, 1.165) is 23.0 Å². The van der Waals surface area contributed by atoms with Gasteiger partial charge in [0, 0.05) is 6.20 Å². The number of rotatable bonds is 2. The first kappa shape index (κ1) is 14.6. The highest BCUT2D eigenvalue weighted by molar-refractivity contribution is 5.88. The van der Waals surface area contributed by atoms with E-state index in [9.17, 15) is 18.0 Å². The molecular weight excluding hydrogens is 287 g/mol. The van der Waals surface area contributed by atoms with Gasteiger partial charge in [0.2, 0.25) is 0 Å². The number of aromatic nitrogens is 2. The number of halogens is 3. The number of nitrogens with zero attached hydrogens (tertiary/aromatic N) is 3. The highest BCUT2D eigenvalue weighted by Gasteiger charge is 2.34. The largest absolute Gasteiger partial charge is 0.478 e. The molecule has 108 valence electrons. The van der Waals surface area contributed by atoms with Crippen molar-refractivity contribution in [1.82, 2.24) is 9.78 Å². The predicted octanol–water partition coefficient (Wildman–Crippen LogP) is 2.77. The Hall–Kier alpha value is -2.82. The van der Waals surface area contributed by atoms with E-state index in [1.807, 2.05) is 0 Å². The van der Waals surface area contributed by atoms with Crippen LogP contribution in [0.1, 0.15) is 27.2 Å². The van der Waals surface area contributed by atoms with Gasteiger partial charge in [0.1, 0.15) is 5.56 Å². The normalized spacial score (nSPS) is 11.2. The Bertz CT molecular complexity index is 757. The lowest BCUT2D eigenvalue weighted by Crippen LogP contribution is -2.09. The van der Waals surface area contributed by atoms with Gasteiger partial charge in [-0.1, -0.05) is 0 Å². The number of carbonyl (C=O) groups is 1. The van der Waals surface area contributed by atoms with Crippen molar-refractivity contribution in [2.45, 2.75) is 13.1 Å². The van der Waals surface area contributed by atoms with Crippen LogP contribution in [0, 0.1) is 18.3 Å². The van der Waals surface area contributed by atoms with E-state index >= 15 is 0 Å². The molecule has 2 aromatic rings. The Morgan fingerprint density at radius 1 is 1.43 bits per heavy atom. The zero-order valence-electron chi connectivity index (χ0n) is 10.6. The molecule has 1 aromatic heterocycles. The Kier molecular flexibility index (Phi) is 3.43. The number of carboxylic acids is 1. The van der Waals surface area contributed by atoms with Gasteiger partial charge in [-0.3, -0.25) is 0 Å². The predicted molar refractivity (Wildman–Crippen MR) is 65.0 cm³/mol. The average Bonchev–Trinajstić information content (AvgIpc) is 2.79. The molecule has 0 radical (unpaired) electrons. The number of benzene rings is 1. The van der Waals surface area contributed by atoms with Crippen LogP contribution < -0.4 is 0 Å². The molecule has 5 nitrogen and oxygen atoms in total. The minimum absolute atomic E-state index is 0.0249. The fourth-order valence-electron chi connectivity index (χ4n) is 1.81. The maximum absolute atomic E-state index is 12.9. The van der Waals surface area contributed by atoms with E-state index in [0.29, 0.717) is 0 Å². The minimum atomic E-state index is -4.68. The minimum Gasteiger partial charge on any atom is -0.478 e. The molecule has 0 bridgehead atoms. The Morgan fingerprint density at radius 2 is 2.10 bits per heavy atom. The summed E-state index contributed by atoms with van der Waals surface area (Å²) in [5.74, 6) is -1.22. The zero-order valence-corrected chi connectivity index (χ0v) is 10.6. The first-order valence-electron chi connectivity index (χ1n) is 5.65. The molecule has 2 rings (SSSR count). The highest BCUT2D eigenvalue weighted by Crippen LogP contribution is 2.33. The third-order valence-corrected chi connectivity index (χ3v) is 2.82. The molecule has 0 unspecified atom stereocenters. The van der Waals surface area contributed by atoms with Crippen LogP contribution in [-0.4, -0.2) is 20.9 Å². The fraction of sp³-hybridized carbons (Fsp3) is 0.154. The molecule has 0 spiro atoms. The highest BCUT2D eigenvalue weighted by atomic mass is 19.4. The van der Waals surface area contributed by atoms with Crippen molar-refractivity contribution >= 4 is 5.97 Å². The maximum atomic E-state index is 12.9. The van der Waals surface area contributed by atoms with Gasteiger partial charge in [-0.15, -0.1) is 0 Å². The number of nitriles is 1. The lowest BCUT2D eigenvalue weighted by Gasteiger charge is -2.10. The van der Waals surface area contributed by atoms with Crippen molar-refractivity contribution < 1.29 is 23.1 Å². The molecule has 1 aromatic carbocycles. The summed E-state index contributed by atoms with van der Waals surface area (Å²) in [6.45, 7) is 1.44. The topological polar surface area (TPSA) is 78.9 Å². The molecule has 0 amide bonds. The second kappa shape index (κ2) is 4.94. The van der Waals surface area contributed by atoms with Crippen molar-refractivity contribution in [2.75, 3.05) is 0 Å². The van der Waals surface area contributed by atoms with Gasteiger partial charge < -0.3 is 5.11 Å². The summed E-state index contributed by atoms with van der Waals surface area (Å²) in [5, 5.41) is 21.5. The van der Waals surface area contributed by atoms with E-state index in [4.69, 9.17) is 10.4 Å². The molecule has 0 saturated carbocycles. The molecular formula is C13H8F3N3O2. The van der Waals surface area contributed by atoms with Crippen molar-refractivity contribution in [3.63, 3.8) is 0 Å². The van der Waals surface area contributed by atoms with Crippen LogP contribution in [0.25, 0.3) is 5.69 Å². The fourth-order valence-corrected chi connectivity index (χ4v) is 1.81. The molecule has 0 atom stereocenters. The summed E-state index contributed by atoms with van der Waals surface area (Å²) in [6, 6.07) is 4.53. The van der Waals surface area contributed by atoms with Gasteiger partial charge in [0.05, 0.1) is 28.6 Å². The molecule has 1 heterocycles. The summed E-state index contributed by atoms with van der Waals surface area (Å²) in [7, 11) is 0. The molecule has 0 aliphatic rings. The molecule has 8 heteroatoms.